The summed E-state index contributed by atoms with van der Waals surface area (Å²) >= 11 is 0. The Bertz CT molecular complexity index is 295. The molecule has 2 rings (SSSR count). The molecule has 0 aromatic heterocycles. The van der Waals surface area contributed by atoms with Crippen molar-refractivity contribution < 1.29 is 9.84 Å². The third-order valence-electron chi connectivity index (χ3n) is 2.02. The van der Waals surface area contributed by atoms with Gasteiger partial charge in [-0.25, -0.2) is 0 Å². The van der Waals surface area contributed by atoms with Gasteiger partial charge in [0.15, 0.2) is 0 Å². The fourth-order valence-electron chi connectivity index (χ4n) is 1.22. The van der Waals surface area contributed by atoms with Gasteiger partial charge < -0.3 is 15.2 Å². The van der Waals surface area contributed by atoms with Gasteiger partial charge in [-0.05, 0) is 6.07 Å². The number of phenolic OH excluding ortho intramolecular Hbond substituents is 1. The number of rotatable bonds is 2. The monoisotopic (exact) mass is 165 g/mol. The summed E-state index contributed by atoms with van der Waals surface area (Å²) in [5.74, 6) is 1.00. The second-order valence-corrected chi connectivity index (χ2v) is 2.89. The molecule has 0 saturated carbocycles. The van der Waals surface area contributed by atoms with Gasteiger partial charge in [-0.3, -0.25) is 0 Å². The van der Waals surface area contributed by atoms with Gasteiger partial charge >= 0.3 is 0 Å². The first-order valence-electron chi connectivity index (χ1n) is 3.91. The molecule has 3 nitrogen and oxygen atoms in total. The van der Waals surface area contributed by atoms with Crippen LogP contribution in [0.2, 0.25) is 0 Å². The molecule has 1 aliphatic heterocycles. The Morgan fingerprint density at radius 1 is 1.58 bits per heavy atom. The van der Waals surface area contributed by atoms with Crippen LogP contribution in [0.4, 0.5) is 0 Å². The van der Waals surface area contributed by atoms with Crippen molar-refractivity contribution in [2.75, 3.05) is 13.7 Å². The number of hydrogen-bond acceptors (Lipinski definition) is 3. The van der Waals surface area contributed by atoms with Gasteiger partial charge in [0.1, 0.15) is 11.5 Å². The second kappa shape index (κ2) is 2.68. The maximum atomic E-state index is 9.51. The molecule has 1 atom stereocenters. The Kier molecular flexibility index (Phi) is 1.66. The zero-order chi connectivity index (χ0) is 8.55. The molecule has 0 amide bonds. The first-order valence-corrected chi connectivity index (χ1v) is 3.91. The highest BCUT2D eigenvalue weighted by Crippen LogP contribution is 2.32. The van der Waals surface area contributed by atoms with Crippen molar-refractivity contribution in [3.63, 3.8) is 0 Å². The predicted molar refractivity (Wildman–Crippen MR) is 45.4 cm³/mol. The average Bonchev–Trinajstić information content (AvgIpc) is 2.87. The average molecular weight is 165 g/mol. The minimum absolute atomic E-state index is 0.310. The lowest BCUT2D eigenvalue weighted by molar-refractivity contribution is 0.406. The Morgan fingerprint density at radius 2 is 2.33 bits per heavy atom. The van der Waals surface area contributed by atoms with Gasteiger partial charge in [0.2, 0.25) is 0 Å². The van der Waals surface area contributed by atoms with E-state index >= 15 is 0 Å². The van der Waals surface area contributed by atoms with Crippen molar-refractivity contribution in [3.8, 4) is 11.5 Å². The number of phenols is 1. The van der Waals surface area contributed by atoms with Crippen LogP contribution in [0.3, 0.4) is 0 Å². The van der Waals surface area contributed by atoms with Crippen molar-refractivity contribution in [2.45, 2.75) is 6.04 Å². The van der Waals surface area contributed by atoms with Gasteiger partial charge in [0.25, 0.3) is 0 Å². The fourth-order valence-corrected chi connectivity index (χ4v) is 1.22. The normalized spacial score (nSPS) is 20.6. The Hall–Kier alpha value is -1.22. The molecule has 0 unspecified atom stereocenters. The van der Waals surface area contributed by atoms with Crippen molar-refractivity contribution >= 4 is 0 Å². The summed E-state index contributed by atoms with van der Waals surface area (Å²) in [6.07, 6.45) is 0. The summed E-state index contributed by atoms with van der Waals surface area (Å²) in [6, 6.07) is 5.72. The van der Waals surface area contributed by atoms with Crippen LogP contribution in [-0.2, 0) is 0 Å². The first-order chi connectivity index (χ1) is 5.81. The largest absolute Gasteiger partial charge is 0.507 e. The molecule has 0 radical (unpaired) electrons. The van der Waals surface area contributed by atoms with E-state index in [1.807, 2.05) is 12.1 Å². The Balaban J connectivity index is 2.32. The van der Waals surface area contributed by atoms with Gasteiger partial charge in [-0.1, -0.05) is 6.07 Å². The summed E-state index contributed by atoms with van der Waals surface area (Å²) < 4.78 is 4.97. The highest BCUT2D eigenvalue weighted by molar-refractivity contribution is 5.43. The number of methoxy groups -OCH3 is 1. The molecule has 0 spiro atoms. The molecule has 2 N–H and O–H groups in total. The number of ether oxygens (including phenoxy) is 1. The lowest BCUT2D eigenvalue weighted by Gasteiger charge is -2.04. The fraction of sp³-hybridized carbons (Fsp3) is 0.333. The van der Waals surface area contributed by atoms with Crippen LogP contribution in [0.1, 0.15) is 11.6 Å². The van der Waals surface area contributed by atoms with Gasteiger partial charge in [-0.2, -0.15) is 0 Å². The maximum absolute atomic E-state index is 9.51. The van der Waals surface area contributed by atoms with E-state index in [1.165, 1.54) is 0 Å². The summed E-state index contributed by atoms with van der Waals surface area (Å²) in [4.78, 5) is 0. The lowest BCUT2D eigenvalue weighted by Crippen LogP contribution is -1.87. The SMILES string of the molecule is COc1ccc([C@H]2CN2)c(O)c1. The molecule has 1 fully saturated rings. The standard InChI is InChI=1S/C9H11NO2/c1-12-6-2-3-7(8-5-10-8)9(11)4-6/h2-4,8,10-11H,5H2,1H3/t8-/m1/s1. The van der Waals surface area contributed by atoms with E-state index in [1.54, 1.807) is 13.2 Å². The minimum Gasteiger partial charge on any atom is -0.507 e. The van der Waals surface area contributed by atoms with Crippen molar-refractivity contribution in [3.05, 3.63) is 23.8 Å². The third kappa shape index (κ3) is 1.23. The molecule has 1 aromatic carbocycles. The Labute approximate surface area is 71.0 Å². The molecule has 1 aliphatic rings. The van der Waals surface area contributed by atoms with Crippen LogP contribution in [0.25, 0.3) is 0 Å². The van der Waals surface area contributed by atoms with Crippen molar-refractivity contribution in [1.29, 1.82) is 0 Å². The van der Waals surface area contributed by atoms with E-state index in [-0.39, 0.29) is 0 Å². The summed E-state index contributed by atoms with van der Waals surface area (Å²) in [7, 11) is 1.59. The topological polar surface area (TPSA) is 51.4 Å². The predicted octanol–water partition coefficient (Wildman–Crippen LogP) is 1.05. The molecule has 1 heterocycles. The highest BCUT2D eigenvalue weighted by atomic mass is 16.5. The van der Waals surface area contributed by atoms with E-state index in [0.29, 0.717) is 17.5 Å². The molecular weight excluding hydrogens is 154 g/mol. The molecule has 0 bridgehead atoms. The highest BCUT2D eigenvalue weighted by Gasteiger charge is 2.25. The van der Waals surface area contributed by atoms with Crippen molar-refractivity contribution in [2.24, 2.45) is 0 Å². The molecular formula is C9H11NO2. The van der Waals surface area contributed by atoms with Crippen LogP contribution in [0, 0.1) is 0 Å². The van der Waals surface area contributed by atoms with Crippen LogP contribution in [-0.4, -0.2) is 18.8 Å². The lowest BCUT2D eigenvalue weighted by atomic mass is 10.1. The summed E-state index contributed by atoms with van der Waals surface area (Å²) in [5, 5.41) is 12.6. The van der Waals surface area contributed by atoms with E-state index in [0.717, 1.165) is 12.1 Å². The van der Waals surface area contributed by atoms with Gasteiger partial charge in [0.05, 0.1) is 7.11 Å². The molecule has 64 valence electrons. The van der Waals surface area contributed by atoms with E-state index in [2.05, 4.69) is 5.32 Å². The van der Waals surface area contributed by atoms with E-state index < -0.39 is 0 Å². The molecule has 1 saturated heterocycles. The van der Waals surface area contributed by atoms with Crippen LogP contribution in [0.5, 0.6) is 11.5 Å². The first kappa shape index (κ1) is 7.43. The van der Waals surface area contributed by atoms with E-state index in [4.69, 9.17) is 4.74 Å². The maximum Gasteiger partial charge on any atom is 0.124 e. The number of hydrogen-bond donors (Lipinski definition) is 2. The summed E-state index contributed by atoms with van der Waals surface area (Å²) in [5.41, 5.74) is 0.954. The zero-order valence-electron chi connectivity index (χ0n) is 6.87. The number of aromatic hydroxyl groups is 1. The number of benzene rings is 1. The van der Waals surface area contributed by atoms with Crippen molar-refractivity contribution in [1.82, 2.24) is 5.32 Å². The van der Waals surface area contributed by atoms with Gasteiger partial charge in [0, 0.05) is 24.2 Å². The smallest absolute Gasteiger partial charge is 0.124 e. The van der Waals surface area contributed by atoms with Crippen LogP contribution < -0.4 is 10.1 Å². The summed E-state index contributed by atoms with van der Waals surface area (Å²) in [6.45, 7) is 0.958. The molecule has 0 aliphatic carbocycles. The second-order valence-electron chi connectivity index (χ2n) is 2.89. The minimum atomic E-state index is 0.310. The van der Waals surface area contributed by atoms with Crippen LogP contribution in [0.15, 0.2) is 18.2 Å². The number of nitrogens with one attached hydrogen (secondary N) is 1. The quantitative estimate of drug-likeness (QED) is 0.644. The molecule has 3 heteroatoms. The van der Waals surface area contributed by atoms with E-state index in [9.17, 15) is 5.11 Å². The molecule has 12 heavy (non-hydrogen) atoms. The molecule has 1 aromatic rings. The zero-order valence-corrected chi connectivity index (χ0v) is 6.87. The Morgan fingerprint density at radius 3 is 2.83 bits per heavy atom. The van der Waals surface area contributed by atoms with Crippen LogP contribution >= 0.6 is 0 Å². The third-order valence-corrected chi connectivity index (χ3v) is 2.02. The van der Waals surface area contributed by atoms with Gasteiger partial charge in [-0.15, -0.1) is 0 Å².